The number of aliphatic carboxylic acids is 3. The average Bonchev–Trinajstić information content (AvgIpc) is 2.71. The number of carbonyl (C=O) groups excluding carboxylic acids is 1. The smallest absolute Gasteiger partial charge is 0.305 e. The summed E-state index contributed by atoms with van der Waals surface area (Å²) in [6, 6.07) is 0. The van der Waals surface area contributed by atoms with E-state index >= 15 is 0 Å². The Morgan fingerprint density at radius 1 is 0.581 bits per heavy atom. The van der Waals surface area contributed by atoms with E-state index in [-0.39, 0.29) is 32.0 Å². The Bertz CT molecular complexity index is 450. The van der Waals surface area contributed by atoms with E-state index in [9.17, 15) is 19.2 Å². The van der Waals surface area contributed by atoms with Gasteiger partial charge in [0, 0.05) is 32.3 Å². The lowest BCUT2D eigenvalue weighted by atomic mass is 10.2. The van der Waals surface area contributed by atoms with Crippen molar-refractivity contribution in [1.82, 2.24) is 0 Å². The third-order valence-electron chi connectivity index (χ3n) is 3.83. The Morgan fingerprint density at radius 2 is 1.00 bits per heavy atom. The summed E-state index contributed by atoms with van der Waals surface area (Å²) < 4.78 is 4.87. The highest BCUT2D eigenvalue weighted by molar-refractivity contribution is 5.69. The summed E-state index contributed by atoms with van der Waals surface area (Å²) in [5.74, 6) is -2.59. The predicted molar refractivity (Wildman–Crippen MR) is 117 cm³/mol. The minimum Gasteiger partial charge on any atom is -0.481 e. The van der Waals surface area contributed by atoms with Crippen molar-refractivity contribution in [2.75, 3.05) is 13.2 Å². The zero-order valence-corrected chi connectivity index (χ0v) is 19.1. The molecule has 0 aromatic heterocycles. The van der Waals surface area contributed by atoms with Crippen molar-refractivity contribution in [2.45, 2.75) is 104 Å². The second-order valence-corrected chi connectivity index (χ2v) is 6.95. The normalized spacial score (nSPS) is 9.52. The molecule has 0 fully saturated rings. The number of unbranched alkanes of at least 4 members (excludes halogenated alkanes) is 6. The number of ether oxygens (including phenoxy) is 1. The van der Waals surface area contributed by atoms with Crippen LogP contribution in [0.1, 0.15) is 104 Å². The van der Waals surface area contributed by atoms with Gasteiger partial charge < -0.3 is 25.2 Å². The molecule has 0 heterocycles. The number of hydrogen-bond acceptors (Lipinski definition) is 6. The molecule has 0 atom stereocenters. The van der Waals surface area contributed by atoms with Crippen molar-refractivity contribution in [3.8, 4) is 0 Å². The molecule has 0 saturated heterocycles. The van der Waals surface area contributed by atoms with Crippen LogP contribution in [0.25, 0.3) is 0 Å². The van der Waals surface area contributed by atoms with Gasteiger partial charge in [-0.1, -0.05) is 52.4 Å². The molecule has 0 rings (SSSR count). The molecule has 31 heavy (non-hydrogen) atoms. The zero-order chi connectivity index (χ0) is 24.3. The number of aliphatic hydroxyl groups excluding tert-OH is 1. The van der Waals surface area contributed by atoms with Gasteiger partial charge in [-0.25, -0.2) is 0 Å². The first-order chi connectivity index (χ1) is 14.7. The summed E-state index contributed by atoms with van der Waals surface area (Å²) in [4.78, 5) is 40.8. The van der Waals surface area contributed by atoms with Gasteiger partial charge in [0.2, 0.25) is 0 Å². The second kappa shape index (κ2) is 27.8. The van der Waals surface area contributed by atoms with Gasteiger partial charge in [-0.2, -0.15) is 0 Å². The first-order valence-electron chi connectivity index (χ1n) is 11.1. The summed E-state index contributed by atoms with van der Waals surface area (Å²) >= 11 is 0. The van der Waals surface area contributed by atoms with E-state index in [2.05, 4.69) is 13.8 Å². The quantitative estimate of drug-likeness (QED) is 0.188. The van der Waals surface area contributed by atoms with E-state index in [0.29, 0.717) is 25.7 Å². The van der Waals surface area contributed by atoms with E-state index in [1.54, 1.807) is 0 Å². The van der Waals surface area contributed by atoms with Crippen molar-refractivity contribution in [2.24, 2.45) is 0 Å². The summed E-state index contributed by atoms with van der Waals surface area (Å²) in [7, 11) is 0. The molecular weight excluding hydrogens is 408 g/mol. The van der Waals surface area contributed by atoms with E-state index in [1.807, 2.05) is 0 Å². The Balaban J connectivity index is -0.000000417. The monoisotopic (exact) mass is 450 g/mol. The Labute approximate surface area is 185 Å². The van der Waals surface area contributed by atoms with Crippen molar-refractivity contribution in [3.63, 3.8) is 0 Å². The van der Waals surface area contributed by atoms with Crippen LogP contribution in [0.3, 0.4) is 0 Å². The fourth-order valence-electron chi connectivity index (χ4n) is 2.11. The molecule has 4 N–H and O–H groups in total. The molecule has 0 aliphatic carbocycles. The van der Waals surface area contributed by atoms with Gasteiger partial charge >= 0.3 is 23.9 Å². The third-order valence-corrected chi connectivity index (χ3v) is 3.83. The molecule has 0 amide bonds. The number of esters is 1. The topological polar surface area (TPSA) is 158 Å². The number of carboxylic acids is 3. The van der Waals surface area contributed by atoms with Crippen LogP contribution in [0.15, 0.2) is 0 Å². The lowest BCUT2D eigenvalue weighted by Crippen LogP contribution is -2.07. The molecule has 0 bridgehead atoms. The Morgan fingerprint density at radius 3 is 1.39 bits per heavy atom. The summed E-state index contributed by atoms with van der Waals surface area (Å²) in [6.45, 7) is 4.41. The largest absolute Gasteiger partial charge is 0.481 e. The van der Waals surface area contributed by atoms with Crippen LogP contribution in [-0.2, 0) is 23.9 Å². The highest BCUT2D eigenvalue weighted by Gasteiger charge is 2.03. The van der Waals surface area contributed by atoms with Crippen LogP contribution in [-0.4, -0.2) is 57.5 Å². The Kier molecular flexibility index (Phi) is 30.1. The maximum absolute atomic E-state index is 11.1. The van der Waals surface area contributed by atoms with Gasteiger partial charge in [0.15, 0.2) is 0 Å². The lowest BCUT2D eigenvalue weighted by molar-refractivity contribution is -0.145. The fraction of sp³-hybridized carbons (Fsp3) is 0.818. The highest BCUT2D eigenvalue weighted by atomic mass is 16.5. The standard InChI is InChI=1S/C11H20O4.C7H14O2.C4H8O3/c1-2-3-4-5-8-11(14)15-9-6-7-10(12)13;1-2-3-4-5-6-7(8)9;5-3-1-2-4(6)7/h2-9H2,1H3,(H,12,13);2-6H2,1H3,(H,8,9);5H,1-3H2,(H,6,7). The van der Waals surface area contributed by atoms with Crippen LogP contribution < -0.4 is 0 Å². The zero-order valence-electron chi connectivity index (χ0n) is 19.1. The molecular formula is C22H42O9. The van der Waals surface area contributed by atoms with Crippen LogP contribution >= 0.6 is 0 Å². The molecule has 9 heteroatoms. The third kappa shape index (κ3) is 42.8. The maximum atomic E-state index is 11.1. The average molecular weight is 451 g/mol. The van der Waals surface area contributed by atoms with E-state index < -0.39 is 17.9 Å². The summed E-state index contributed by atoms with van der Waals surface area (Å²) in [6.07, 6.45) is 10.1. The van der Waals surface area contributed by atoms with Crippen molar-refractivity contribution < 1.29 is 44.3 Å². The highest BCUT2D eigenvalue weighted by Crippen LogP contribution is 2.04. The summed E-state index contributed by atoms with van der Waals surface area (Å²) in [5.41, 5.74) is 0. The molecule has 0 aliphatic rings. The molecule has 0 aliphatic heterocycles. The molecule has 0 spiro atoms. The van der Waals surface area contributed by atoms with Crippen LogP contribution in [0, 0.1) is 0 Å². The molecule has 0 radical (unpaired) electrons. The molecule has 0 unspecified atom stereocenters. The molecule has 0 saturated carbocycles. The van der Waals surface area contributed by atoms with Crippen molar-refractivity contribution in [3.05, 3.63) is 0 Å². The number of carboxylic acid groups (broad SMARTS) is 3. The maximum Gasteiger partial charge on any atom is 0.305 e. The number of rotatable bonds is 17. The van der Waals surface area contributed by atoms with E-state index in [0.717, 1.165) is 44.9 Å². The van der Waals surface area contributed by atoms with Gasteiger partial charge in [0.25, 0.3) is 0 Å². The number of carbonyl (C=O) groups is 4. The number of aliphatic hydroxyl groups is 1. The second-order valence-electron chi connectivity index (χ2n) is 6.95. The molecule has 0 aromatic rings. The lowest BCUT2D eigenvalue weighted by Gasteiger charge is -2.03. The first kappa shape index (κ1) is 33.5. The van der Waals surface area contributed by atoms with Gasteiger partial charge in [0.05, 0.1) is 6.61 Å². The minimum atomic E-state index is -0.853. The predicted octanol–water partition coefficient (Wildman–Crippen LogP) is 4.25. The van der Waals surface area contributed by atoms with E-state index in [4.69, 9.17) is 25.2 Å². The van der Waals surface area contributed by atoms with Gasteiger partial charge in [-0.3, -0.25) is 19.2 Å². The van der Waals surface area contributed by atoms with Crippen LogP contribution in [0.5, 0.6) is 0 Å². The molecule has 9 nitrogen and oxygen atoms in total. The van der Waals surface area contributed by atoms with Crippen LogP contribution in [0.4, 0.5) is 0 Å². The van der Waals surface area contributed by atoms with Gasteiger partial charge in [0.1, 0.15) is 0 Å². The Hall–Kier alpha value is -2.16. The SMILES string of the molecule is CCCCCCC(=O)O.CCCCCCC(=O)OCCCC(=O)O.O=C(O)CCCO. The fourth-order valence-corrected chi connectivity index (χ4v) is 2.11. The minimum absolute atomic E-state index is 0.0354. The van der Waals surface area contributed by atoms with Gasteiger partial charge in [-0.05, 0) is 25.7 Å². The number of hydrogen-bond donors (Lipinski definition) is 4. The van der Waals surface area contributed by atoms with Crippen molar-refractivity contribution >= 4 is 23.9 Å². The van der Waals surface area contributed by atoms with E-state index in [1.165, 1.54) is 6.42 Å². The van der Waals surface area contributed by atoms with Crippen molar-refractivity contribution in [1.29, 1.82) is 0 Å². The van der Waals surface area contributed by atoms with Crippen LogP contribution in [0.2, 0.25) is 0 Å². The summed E-state index contributed by atoms with van der Waals surface area (Å²) in [5, 5.41) is 32.5. The van der Waals surface area contributed by atoms with Gasteiger partial charge in [-0.15, -0.1) is 0 Å². The molecule has 184 valence electrons. The molecule has 0 aromatic carbocycles. The first-order valence-corrected chi connectivity index (χ1v) is 11.1.